The van der Waals surface area contributed by atoms with Gasteiger partial charge >= 0.3 is 5.97 Å². The summed E-state index contributed by atoms with van der Waals surface area (Å²) in [4.78, 5) is 11.4. The number of hydrogen-bond acceptors (Lipinski definition) is 3. The minimum atomic E-state index is -1.52. The lowest BCUT2D eigenvalue weighted by Crippen LogP contribution is -2.25. The SMILES string of the molecule is CCNC(CC(=O)OCC)c1cc(F)c(F)c(F)c1. The van der Waals surface area contributed by atoms with Gasteiger partial charge in [0.05, 0.1) is 13.0 Å². The fraction of sp³-hybridized carbons (Fsp3) is 0.462. The van der Waals surface area contributed by atoms with Gasteiger partial charge in [-0.05, 0) is 31.2 Å². The lowest BCUT2D eigenvalue weighted by Gasteiger charge is -2.17. The van der Waals surface area contributed by atoms with Crippen LogP contribution in [0, 0.1) is 17.5 Å². The number of hydrogen-bond donors (Lipinski definition) is 1. The molecule has 1 rings (SSSR count). The molecule has 0 aromatic heterocycles. The highest BCUT2D eigenvalue weighted by Crippen LogP contribution is 2.22. The van der Waals surface area contributed by atoms with Crippen LogP contribution in [0.2, 0.25) is 0 Å². The largest absolute Gasteiger partial charge is 0.466 e. The Labute approximate surface area is 109 Å². The van der Waals surface area contributed by atoms with E-state index >= 15 is 0 Å². The van der Waals surface area contributed by atoms with E-state index in [1.54, 1.807) is 13.8 Å². The van der Waals surface area contributed by atoms with Crippen LogP contribution in [0.1, 0.15) is 31.9 Å². The summed E-state index contributed by atoms with van der Waals surface area (Å²) in [6, 6.07) is 1.14. The van der Waals surface area contributed by atoms with E-state index < -0.39 is 29.5 Å². The van der Waals surface area contributed by atoms with Crippen molar-refractivity contribution in [3.63, 3.8) is 0 Å². The minimum Gasteiger partial charge on any atom is -0.466 e. The van der Waals surface area contributed by atoms with E-state index in [4.69, 9.17) is 4.74 Å². The van der Waals surface area contributed by atoms with E-state index in [-0.39, 0.29) is 18.6 Å². The molecular formula is C13H16F3NO2. The summed E-state index contributed by atoms with van der Waals surface area (Å²) in [5.41, 5.74) is 0.173. The van der Waals surface area contributed by atoms with Crippen LogP contribution in [0.5, 0.6) is 0 Å². The van der Waals surface area contributed by atoms with Crippen molar-refractivity contribution in [1.82, 2.24) is 5.32 Å². The Morgan fingerprint density at radius 1 is 1.26 bits per heavy atom. The lowest BCUT2D eigenvalue weighted by molar-refractivity contribution is -0.143. The minimum absolute atomic E-state index is 0.0772. The Kier molecular flexibility index (Phi) is 5.82. The standard InChI is InChI=1S/C13H16F3NO2/c1-3-17-11(7-12(18)19-4-2)8-5-9(14)13(16)10(15)6-8/h5-6,11,17H,3-4,7H2,1-2H3. The molecule has 106 valence electrons. The molecule has 0 aliphatic rings. The number of nitrogens with one attached hydrogen (secondary N) is 1. The van der Waals surface area contributed by atoms with Gasteiger partial charge in [-0.1, -0.05) is 6.92 Å². The van der Waals surface area contributed by atoms with Crippen LogP contribution >= 0.6 is 0 Å². The van der Waals surface area contributed by atoms with E-state index in [2.05, 4.69) is 5.32 Å². The Hall–Kier alpha value is -1.56. The summed E-state index contributed by atoms with van der Waals surface area (Å²) in [5, 5.41) is 2.91. The summed E-state index contributed by atoms with van der Waals surface area (Å²) in [6.07, 6.45) is -0.0772. The maximum absolute atomic E-state index is 13.2. The molecule has 0 amide bonds. The van der Waals surface area contributed by atoms with Crippen LogP contribution in [0.3, 0.4) is 0 Å². The second kappa shape index (κ2) is 7.13. The van der Waals surface area contributed by atoms with Crippen molar-refractivity contribution in [3.8, 4) is 0 Å². The highest BCUT2D eigenvalue weighted by atomic mass is 19.2. The van der Waals surface area contributed by atoms with Gasteiger partial charge in [0.2, 0.25) is 0 Å². The zero-order valence-corrected chi connectivity index (χ0v) is 10.8. The molecule has 1 aromatic carbocycles. The molecule has 0 aliphatic heterocycles. The molecule has 1 unspecified atom stereocenters. The molecule has 0 fully saturated rings. The molecule has 0 radical (unpaired) electrons. The van der Waals surface area contributed by atoms with E-state index in [1.807, 2.05) is 0 Å². The highest BCUT2D eigenvalue weighted by molar-refractivity contribution is 5.70. The first kappa shape index (κ1) is 15.5. The van der Waals surface area contributed by atoms with Crippen LogP contribution in [0.25, 0.3) is 0 Å². The lowest BCUT2D eigenvalue weighted by atomic mass is 10.0. The molecule has 1 atom stereocenters. The molecule has 0 saturated heterocycles. The van der Waals surface area contributed by atoms with E-state index in [1.165, 1.54) is 0 Å². The number of rotatable bonds is 6. The molecule has 0 spiro atoms. The monoisotopic (exact) mass is 275 g/mol. The van der Waals surface area contributed by atoms with Crippen molar-refractivity contribution >= 4 is 5.97 Å². The first-order valence-corrected chi connectivity index (χ1v) is 6.03. The third-order valence-corrected chi connectivity index (χ3v) is 2.54. The van der Waals surface area contributed by atoms with Gasteiger partial charge in [-0.15, -0.1) is 0 Å². The van der Waals surface area contributed by atoms with Crippen molar-refractivity contribution in [3.05, 3.63) is 35.1 Å². The number of carbonyl (C=O) groups is 1. The van der Waals surface area contributed by atoms with Crippen LogP contribution in [-0.4, -0.2) is 19.1 Å². The summed E-state index contributed by atoms with van der Waals surface area (Å²) in [7, 11) is 0. The Bertz CT molecular complexity index is 429. The highest BCUT2D eigenvalue weighted by Gasteiger charge is 2.20. The zero-order chi connectivity index (χ0) is 14.4. The van der Waals surface area contributed by atoms with Crippen LogP contribution in [-0.2, 0) is 9.53 Å². The molecule has 0 aliphatic carbocycles. The normalized spacial score (nSPS) is 12.3. The third kappa shape index (κ3) is 4.24. The molecule has 0 heterocycles. The second-order valence-corrected chi connectivity index (χ2v) is 3.92. The number of benzene rings is 1. The van der Waals surface area contributed by atoms with Crippen molar-refractivity contribution in [2.24, 2.45) is 0 Å². The summed E-state index contributed by atoms with van der Waals surface area (Å²) < 4.78 is 44.0. The predicted octanol–water partition coefficient (Wildman–Crippen LogP) is 2.71. The Balaban J connectivity index is 2.95. The third-order valence-electron chi connectivity index (χ3n) is 2.54. The zero-order valence-electron chi connectivity index (χ0n) is 10.8. The maximum atomic E-state index is 13.2. The maximum Gasteiger partial charge on any atom is 0.307 e. The fourth-order valence-corrected chi connectivity index (χ4v) is 1.72. The van der Waals surface area contributed by atoms with Gasteiger partial charge in [-0.3, -0.25) is 4.79 Å². The van der Waals surface area contributed by atoms with E-state index in [9.17, 15) is 18.0 Å². The number of carbonyl (C=O) groups excluding carboxylic acids is 1. The first-order chi connectivity index (χ1) is 8.99. The number of esters is 1. The quantitative estimate of drug-likeness (QED) is 0.641. The molecule has 1 aromatic rings. The fourth-order valence-electron chi connectivity index (χ4n) is 1.72. The van der Waals surface area contributed by atoms with Gasteiger partial charge in [0.15, 0.2) is 17.5 Å². The van der Waals surface area contributed by atoms with Gasteiger partial charge in [0.1, 0.15) is 0 Å². The summed E-state index contributed by atoms with van der Waals surface area (Å²) >= 11 is 0. The van der Waals surface area contributed by atoms with Gasteiger partial charge in [0, 0.05) is 6.04 Å². The molecule has 1 N–H and O–H groups in total. The average Bonchev–Trinajstić information content (AvgIpc) is 2.35. The number of halogens is 3. The Morgan fingerprint density at radius 3 is 2.32 bits per heavy atom. The van der Waals surface area contributed by atoms with E-state index in [0.29, 0.717) is 6.54 Å². The molecule has 0 saturated carbocycles. The molecule has 3 nitrogen and oxygen atoms in total. The molecular weight excluding hydrogens is 259 g/mol. The van der Waals surface area contributed by atoms with Gasteiger partial charge in [-0.25, -0.2) is 13.2 Å². The number of ether oxygens (including phenoxy) is 1. The van der Waals surface area contributed by atoms with Crippen LogP contribution in [0.4, 0.5) is 13.2 Å². The predicted molar refractivity (Wildman–Crippen MR) is 64.0 cm³/mol. The molecule has 0 bridgehead atoms. The van der Waals surface area contributed by atoms with Gasteiger partial charge in [0.25, 0.3) is 0 Å². The molecule has 19 heavy (non-hydrogen) atoms. The van der Waals surface area contributed by atoms with Crippen LogP contribution < -0.4 is 5.32 Å². The van der Waals surface area contributed by atoms with Crippen molar-refractivity contribution in [2.45, 2.75) is 26.3 Å². The van der Waals surface area contributed by atoms with Crippen molar-refractivity contribution < 1.29 is 22.7 Å². The van der Waals surface area contributed by atoms with Crippen molar-refractivity contribution in [1.29, 1.82) is 0 Å². The Morgan fingerprint density at radius 2 is 1.84 bits per heavy atom. The van der Waals surface area contributed by atoms with Crippen LogP contribution in [0.15, 0.2) is 12.1 Å². The van der Waals surface area contributed by atoms with Gasteiger partial charge < -0.3 is 10.1 Å². The first-order valence-electron chi connectivity index (χ1n) is 6.03. The summed E-state index contributed by atoms with van der Waals surface area (Å²) in [6.45, 7) is 4.17. The second-order valence-electron chi connectivity index (χ2n) is 3.92. The summed E-state index contributed by atoms with van der Waals surface area (Å²) in [5.74, 6) is -4.56. The smallest absolute Gasteiger partial charge is 0.307 e. The van der Waals surface area contributed by atoms with Gasteiger partial charge in [-0.2, -0.15) is 0 Å². The average molecular weight is 275 g/mol. The van der Waals surface area contributed by atoms with Crippen molar-refractivity contribution in [2.75, 3.05) is 13.2 Å². The molecule has 6 heteroatoms. The van der Waals surface area contributed by atoms with E-state index in [0.717, 1.165) is 12.1 Å². The topological polar surface area (TPSA) is 38.3 Å².